The van der Waals surface area contributed by atoms with Crippen molar-refractivity contribution < 1.29 is 19.1 Å². The maximum absolute atomic E-state index is 11.5. The molecule has 0 fully saturated rings. The Labute approximate surface area is 104 Å². The highest BCUT2D eigenvalue weighted by Gasteiger charge is 2.10. The van der Waals surface area contributed by atoms with Crippen LogP contribution in [0.1, 0.15) is 10.4 Å². The van der Waals surface area contributed by atoms with Crippen LogP contribution in [0.15, 0.2) is 41.5 Å². The van der Waals surface area contributed by atoms with Crippen LogP contribution in [0, 0.1) is 0 Å². The largest absolute Gasteiger partial charge is 0.465 e. The number of rotatable bonds is 4. The molecule has 0 saturated carbocycles. The summed E-state index contributed by atoms with van der Waals surface area (Å²) in [4.78, 5) is 23.0. The fraction of sp³-hybridized carbons (Fsp3) is 0.167. The number of esters is 2. The molecule has 4 nitrogen and oxygen atoms in total. The second-order valence-corrected chi connectivity index (χ2v) is 3.80. The van der Waals surface area contributed by atoms with Crippen molar-refractivity contribution in [3.8, 4) is 0 Å². The first-order chi connectivity index (χ1) is 8.19. The van der Waals surface area contributed by atoms with Crippen LogP contribution in [0.4, 0.5) is 0 Å². The fourth-order valence-corrected chi connectivity index (χ4v) is 1.42. The summed E-state index contributed by atoms with van der Waals surface area (Å²) in [6, 6.07) is 8.53. The molecule has 0 amide bonds. The number of benzene rings is 1. The lowest BCUT2D eigenvalue weighted by molar-refractivity contribution is -0.135. The Morgan fingerprint density at radius 1 is 1.24 bits per heavy atom. The van der Waals surface area contributed by atoms with Crippen LogP contribution >= 0.6 is 11.8 Å². The van der Waals surface area contributed by atoms with Gasteiger partial charge < -0.3 is 9.47 Å². The van der Waals surface area contributed by atoms with E-state index >= 15 is 0 Å². The first-order valence-electron chi connectivity index (χ1n) is 4.77. The molecule has 90 valence electrons. The molecule has 0 aliphatic heterocycles. The number of carbonyl (C=O) groups is 2. The Kier molecular flexibility index (Phi) is 5.29. The van der Waals surface area contributed by atoms with Gasteiger partial charge in [0.25, 0.3) is 0 Å². The quantitative estimate of drug-likeness (QED) is 0.467. The minimum absolute atomic E-state index is 0.233. The summed E-state index contributed by atoms with van der Waals surface area (Å²) in [5.74, 6) is -1.04. The Bertz CT molecular complexity index is 425. The zero-order valence-corrected chi connectivity index (χ0v) is 10.3. The molecule has 0 N–H and O–H groups in total. The van der Waals surface area contributed by atoms with Crippen LogP contribution in [0.25, 0.3) is 0 Å². The molecule has 1 rings (SSSR count). The smallest absolute Gasteiger partial charge is 0.347 e. The van der Waals surface area contributed by atoms with E-state index in [1.807, 2.05) is 0 Å². The van der Waals surface area contributed by atoms with Gasteiger partial charge in [-0.2, -0.15) is 0 Å². The maximum Gasteiger partial charge on any atom is 0.347 e. The number of methoxy groups -OCH3 is 1. The zero-order valence-electron chi connectivity index (χ0n) is 9.51. The maximum atomic E-state index is 11.5. The van der Waals surface area contributed by atoms with Crippen LogP contribution in [0.2, 0.25) is 0 Å². The van der Waals surface area contributed by atoms with Crippen molar-refractivity contribution in [1.29, 1.82) is 0 Å². The van der Waals surface area contributed by atoms with Crippen molar-refractivity contribution in [1.82, 2.24) is 0 Å². The Morgan fingerprint density at radius 2 is 1.88 bits per heavy atom. The summed E-state index contributed by atoms with van der Waals surface area (Å²) in [5, 5.41) is 0. The van der Waals surface area contributed by atoms with Gasteiger partial charge in [-0.15, -0.1) is 11.8 Å². The predicted octanol–water partition coefficient (Wildman–Crippen LogP) is 2.22. The highest BCUT2D eigenvalue weighted by Crippen LogP contribution is 2.13. The molecular weight excluding hydrogens is 240 g/mol. The number of hydrogen-bond acceptors (Lipinski definition) is 5. The molecule has 0 spiro atoms. The van der Waals surface area contributed by atoms with Crippen LogP contribution in [-0.2, 0) is 14.3 Å². The fourth-order valence-electron chi connectivity index (χ4n) is 1.03. The lowest BCUT2D eigenvalue weighted by atomic mass is 10.2. The molecule has 0 aromatic heterocycles. The highest BCUT2D eigenvalue weighted by molar-refractivity contribution is 8.03. The normalized spacial score (nSPS) is 10.8. The van der Waals surface area contributed by atoms with Crippen molar-refractivity contribution in [2.24, 2.45) is 0 Å². The average Bonchev–Trinajstić information content (AvgIpc) is 2.39. The molecule has 0 heterocycles. The van der Waals surface area contributed by atoms with E-state index in [4.69, 9.17) is 4.74 Å². The first-order valence-corrected chi connectivity index (χ1v) is 6.00. The molecule has 0 aliphatic carbocycles. The standard InChI is InChI=1S/C12H12O4S/c1-15-12(14)10(17-2)8-16-11(13)9-6-4-3-5-7-9/h3-8H,1-2H3/b10-8-. The number of ether oxygens (including phenoxy) is 2. The first kappa shape index (κ1) is 13.3. The SMILES string of the molecule is COC(=O)/C(=C/OC(=O)c1ccccc1)SC. The van der Waals surface area contributed by atoms with E-state index in [1.165, 1.54) is 7.11 Å². The van der Waals surface area contributed by atoms with E-state index in [1.54, 1.807) is 36.6 Å². The molecule has 0 atom stereocenters. The van der Waals surface area contributed by atoms with Gasteiger partial charge in [0.1, 0.15) is 11.2 Å². The van der Waals surface area contributed by atoms with Crippen LogP contribution in [0.5, 0.6) is 0 Å². The molecule has 0 radical (unpaired) electrons. The summed E-state index contributed by atoms with van der Waals surface area (Å²) >= 11 is 1.15. The van der Waals surface area contributed by atoms with E-state index in [-0.39, 0.29) is 4.91 Å². The molecule has 1 aromatic carbocycles. The third-order valence-electron chi connectivity index (χ3n) is 1.89. The number of carbonyl (C=O) groups excluding carboxylic acids is 2. The second-order valence-electron chi connectivity index (χ2n) is 2.95. The summed E-state index contributed by atoms with van der Waals surface area (Å²) in [5.41, 5.74) is 0.425. The molecule has 0 aliphatic rings. The van der Waals surface area contributed by atoms with Gasteiger partial charge in [0, 0.05) is 0 Å². The van der Waals surface area contributed by atoms with Crippen molar-refractivity contribution in [3.63, 3.8) is 0 Å². The average molecular weight is 252 g/mol. The predicted molar refractivity (Wildman–Crippen MR) is 65.5 cm³/mol. The Balaban J connectivity index is 2.69. The van der Waals surface area contributed by atoms with E-state index < -0.39 is 11.9 Å². The monoisotopic (exact) mass is 252 g/mol. The zero-order chi connectivity index (χ0) is 12.7. The summed E-state index contributed by atoms with van der Waals surface area (Å²) in [6.07, 6.45) is 2.80. The van der Waals surface area contributed by atoms with Gasteiger partial charge in [0.05, 0.1) is 12.7 Å². The van der Waals surface area contributed by atoms with Gasteiger partial charge in [-0.05, 0) is 18.4 Å². The molecule has 0 saturated heterocycles. The van der Waals surface area contributed by atoms with Crippen LogP contribution < -0.4 is 0 Å². The van der Waals surface area contributed by atoms with E-state index in [0.717, 1.165) is 18.0 Å². The third-order valence-corrected chi connectivity index (χ3v) is 2.59. The molecule has 0 unspecified atom stereocenters. The van der Waals surface area contributed by atoms with Gasteiger partial charge in [-0.3, -0.25) is 0 Å². The Hall–Kier alpha value is -1.75. The number of hydrogen-bond donors (Lipinski definition) is 0. The van der Waals surface area contributed by atoms with Gasteiger partial charge in [-0.25, -0.2) is 9.59 Å². The molecule has 0 bridgehead atoms. The topological polar surface area (TPSA) is 52.6 Å². The van der Waals surface area contributed by atoms with Crippen molar-refractivity contribution in [2.45, 2.75) is 0 Å². The summed E-state index contributed by atoms with van der Waals surface area (Å²) in [7, 11) is 1.27. The second kappa shape index (κ2) is 6.75. The van der Waals surface area contributed by atoms with Gasteiger partial charge in [0.15, 0.2) is 0 Å². The van der Waals surface area contributed by atoms with E-state index in [2.05, 4.69) is 4.74 Å². The van der Waals surface area contributed by atoms with Crippen molar-refractivity contribution in [3.05, 3.63) is 47.1 Å². The minimum Gasteiger partial charge on any atom is -0.465 e. The lowest BCUT2D eigenvalue weighted by Crippen LogP contribution is -2.05. The minimum atomic E-state index is -0.529. The van der Waals surface area contributed by atoms with Crippen LogP contribution in [-0.4, -0.2) is 25.3 Å². The Morgan fingerprint density at radius 3 is 2.41 bits per heavy atom. The summed E-state index contributed by atoms with van der Waals surface area (Å²) < 4.78 is 9.40. The van der Waals surface area contributed by atoms with Gasteiger partial charge >= 0.3 is 11.9 Å². The molecular formula is C12H12O4S. The molecule has 5 heteroatoms. The van der Waals surface area contributed by atoms with Gasteiger partial charge in [0.2, 0.25) is 0 Å². The molecule has 1 aromatic rings. The molecule has 17 heavy (non-hydrogen) atoms. The van der Waals surface area contributed by atoms with Crippen LogP contribution in [0.3, 0.4) is 0 Å². The highest BCUT2D eigenvalue weighted by atomic mass is 32.2. The van der Waals surface area contributed by atoms with E-state index in [9.17, 15) is 9.59 Å². The third kappa shape index (κ3) is 3.96. The van der Waals surface area contributed by atoms with Crippen molar-refractivity contribution in [2.75, 3.05) is 13.4 Å². The van der Waals surface area contributed by atoms with Gasteiger partial charge in [-0.1, -0.05) is 18.2 Å². The summed E-state index contributed by atoms with van der Waals surface area (Å²) in [6.45, 7) is 0. The van der Waals surface area contributed by atoms with E-state index in [0.29, 0.717) is 5.56 Å². The number of thioether (sulfide) groups is 1. The van der Waals surface area contributed by atoms with Crippen molar-refractivity contribution >= 4 is 23.7 Å². The lowest BCUT2D eigenvalue weighted by Gasteiger charge is -2.02.